The van der Waals surface area contributed by atoms with Crippen molar-refractivity contribution in [3.8, 4) is 0 Å². The summed E-state index contributed by atoms with van der Waals surface area (Å²) in [4.78, 5) is 10.7. The van der Waals surface area contributed by atoms with Crippen molar-refractivity contribution in [2.75, 3.05) is 27.4 Å². The molecule has 0 aromatic carbocycles. The van der Waals surface area contributed by atoms with Crippen LogP contribution in [-0.4, -0.2) is 69.9 Å². The first-order valence-corrected chi connectivity index (χ1v) is 26.5. The molecule has 0 aromatic heterocycles. The van der Waals surface area contributed by atoms with Crippen LogP contribution < -0.4 is 0 Å². The van der Waals surface area contributed by atoms with Gasteiger partial charge in [0.15, 0.2) is 25.0 Å². The van der Waals surface area contributed by atoms with E-state index >= 15 is 0 Å². The number of oxime groups is 2. The van der Waals surface area contributed by atoms with Crippen molar-refractivity contribution in [1.82, 2.24) is 0 Å². The van der Waals surface area contributed by atoms with Crippen LogP contribution >= 0.6 is 0 Å². The molecule has 42 heavy (non-hydrogen) atoms. The Hall–Kier alpha value is -0.789. The van der Waals surface area contributed by atoms with Crippen molar-refractivity contribution in [3.63, 3.8) is 0 Å². The van der Waals surface area contributed by atoms with Crippen LogP contribution in [0.1, 0.15) is 51.9 Å². The molecule has 0 aromatic rings. The van der Waals surface area contributed by atoms with E-state index < -0.39 is 25.0 Å². The molecule has 0 amide bonds. The molecule has 0 aliphatic heterocycles. The quantitative estimate of drug-likeness (QED) is 0.130. The van der Waals surface area contributed by atoms with Crippen LogP contribution in [0.15, 0.2) is 22.0 Å². The molecule has 4 rings (SSSR count). The fraction of sp³-hybridized carbons (Fsp3) is 0.875. The summed E-state index contributed by atoms with van der Waals surface area (Å²) in [6.07, 6.45) is 10.3. The van der Waals surface area contributed by atoms with Gasteiger partial charge in [0.1, 0.15) is 14.2 Å². The molecule has 4 aliphatic rings. The summed E-state index contributed by atoms with van der Waals surface area (Å²) in [5, 5.41) is 9.05. The molecule has 0 radical (unpaired) electrons. The molecule has 4 aliphatic carbocycles. The molecule has 7 atom stereocenters. The lowest BCUT2D eigenvalue weighted by Crippen LogP contribution is -2.61. The zero-order valence-corrected chi connectivity index (χ0v) is 31.8. The Balaban J connectivity index is 1.81. The van der Waals surface area contributed by atoms with Crippen LogP contribution in [0.4, 0.5) is 0 Å². The molecule has 10 heteroatoms. The van der Waals surface area contributed by atoms with Gasteiger partial charge in [-0.3, -0.25) is 0 Å². The van der Waals surface area contributed by atoms with E-state index in [1.165, 1.54) is 12.8 Å². The number of fused-ring (bicyclic) bond motifs is 5. The van der Waals surface area contributed by atoms with Gasteiger partial charge in [0.25, 0.3) is 0 Å². The second kappa shape index (κ2) is 12.5. The molecule has 0 bridgehead atoms. The topological polar surface area (TPSA) is 70.9 Å². The van der Waals surface area contributed by atoms with Gasteiger partial charge >= 0.3 is 0 Å². The zero-order chi connectivity index (χ0) is 31.1. The molecule has 7 nitrogen and oxygen atoms in total. The Morgan fingerprint density at radius 2 is 1.57 bits per heavy atom. The van der Waals surface area contributed by atoms with Crippen molar-refractivity contribution in [3.05, 3.63) is 11.6 Å². The van der Waals surface area contributed by atoms with Gasteiger partial charge in [0, 0.05) is 24.0 Å². The van der Waals surface area contributed by atoms with E-state index in [2.05, 4.69) is 77.1 Å². The zero-order valence-electron chi connectivity index (χ0n) is 28.8. The van der Waals surface area contributed by atoms with Crippen LogP contribution in [-0.2, 0) is 23.0 Å². The Morgan fingerprint density at radius 1 is 0.881 bits per heavy atom. The summed E-state index contributed by atoms with van der Waals surface area (Å²) in [5.41, 5.74) is 3.81. The molecule has 0 heterocycles. The van der Waals surface area contributed by atoms with Crippen LogP contribution in [0.2, 0.25) is 58.9 Å². The summed E-state index contributed by atoms with van der Waals surface area (Å²) in [6, 6.07) is 0. The summed E-state index contributed by atoms with van der Waals surface area (Å²) in [7, 11) is -2.02. The van der Waals surface area contributed by atoms with E-state index in [9.17, 15) is 0 Å². The minimum Gasteiger partial charge on any atom is -0.417 e. The van der Waals surface area contributed by atoms with Crippen molar-refractivity contribution in [1.29, 1.82) is 0 Å². The minimum absolute atomic E-state index is 0.0269. The van der Waals surface area contributed by atoms with Crippen molar-refractivity contribution in [2.24, 2.45) is 44.8 Å². The summed E-state index contributed by atoms with van der Waals surface area (Å²) >= 11 is 0. The van der Waals surface area contributed by atoms with Crippen molar-refractivity contribution in [2.45, 2.75) is 117 Å². The molecule has 0 spiro atoms. The first-order valence-electron chi connectivity index (χ1n) is 16.3. The van der Waals surface area contributed by atoms with Gasteiger partial charge in [0.2, 0.25) is 0 Å². The maximum absolute atomic E-state index is 7.32. The monoisotopic (exact) mass is 636 g/mol. The van der Waals surface area contributed by atoms with E-state index in [0.717, 1.165) is 50.1 Å². The highest BCUT2D eigenvalue weighted by atomic mass is 28.4. The smallest absolute Gasteiger partial charge is 0.184 e. The SMILES string of the molecule is CO/N=C1\C=C2CC[C@@H]3[C@H]([C@@H](O[Si](C)(C)C)C[C@]4(CO[Si](C)(C)C)[C@@H](/C(CO[Si](C)(C)C)=N\OC)CC[C@@H]34)[C@@]2(C)CC1. The predicted molar refractivity (Wildman–Crippen MR) is 181 cm³/mol. The Kier molecular flexibility index (Phi) is 10.2. The van der Waals surface area contributed by atoms with Crippen LogP contribution in [0.5, 0.6) is 0 Å². The third kappa shape index (κ3) is 7.36. The molecular formula is C32H60N2O5Si3. The van der Waals surface area contributed by atoms with Crippen molar-refractivity contribution >= 4 is 36.4 Å². The lowest BCUT2D eigenvalue weighted by atomic mass is 9.45. The fourth-order valence-electron chi connectivity index (χ4n) is 8.92. The lowest BCUT2D eigenvalue weighted by molar-refractivity contribution is -0.132. The van der Waals surface area contributed by atoms with E-state index in [-0.39, 0.29) is 22.9 Å². The number of nitrogens with zero attached hydrogens (tertiary/aromatic N) is 2. The van der Waals surface area contributed by atoms with Gasteiger partial charge in [0.05, 0.1) is 18.0 Å². The van der Waals surface area contributed by atoms with Gasteiger partial charge in [-0.05, 0) is 133 Å². The Morgan fingerprint density at radius 3 is 2.17 bits per heavy atom. The molecule has 0 unspecified atom stereocenters. The highest BCUT2D eigenvalue weighted by Crippen LogP contribution is 2.67. The van der Waals surface area contributed by atoms with Gasteiger partial charge in [-0.15, -0.1) is 0 Å². The molecule has 0 saturated heterocycles. The third-order valence-corrected chi connectivity index (χ3v) is 13.4. The largest absolute Gasteiger partial charge is 0.417 e. The average Bonchev–Trinajstić information content (AvgIpc) is 3.23. The number of allylic oxidation sites excluding steroid dienone is 2. The van der Waals surface area contributed by atoms with E-state index in [1.807, 2.05) is 0 Å². The Labute approximate surface area is 259 Å². The highest BCUT2D eigenvalue weighted by Gasteiger charge is 2.65. The second-order valence-electron chi connectivity index (χ2n) is 16.6. The second-order valence-corrected chi connectivity index (χ2v) is 30.1. The maximum atomic E-state index is 7.32. The molecular weight excluding hydrogens is 577 g/mol. The summed E-state index contributed by atoms with van der Waals surface area (Å²) in [5.74, 6) is 1.95. The Bertz CT molecular complexity index is 1060. The van der Waals surface area contributed by atoms with Crippen LogP contribution in [0.25, 0.3) is 0 Å². The van der Waals surface area contributed by atoms with Gasteiger partial charge in [-0.1, -0.05) is 22.8 Å². The van der Waals surface area contributed by atoms with Crippen LogP contribution in [0, 0.1) is 34.5 Å². The first kappa shape index (κ1) is 34.1. The number of rotatable bonds is 11. The van der Waals surface area contributed by atoms with Crippen LogP contribution in [0.3, 0.4) is 0 Å². The average molecular weight is 637 g/mol. The van der Waals surface area contributed by atoms with E-state index in [4.69, 9.17) is 28.1 Å². The van der Waals surface area contributed by atoms with Gasteiger partial charge < -0.3 is 23.0 Å². The lowest BCUT2D eigenvalue weighted by Gasteiger charge is -2.62. The number of hydrogen-bond donors (Lipinski definition) is 0. The van der Waals surface area contributed by atoms with Gasteiger partial charge in [-0.2, -0.15) is 0 Å². The highest BCUT2D eigenvalue weighted by molar-refractivity contribution is 6.70. The predicted octanol–water partition coefficient (Wildman–Crippen LogP) is 8.08. The summed E-state index contributed by atoms with van der Waals surface area (Å²) < 4.78 is 20.8. The third-order valence-electron chi connectivity index (χ3n) is 10.4. The standard InChI is InChI=1S/C32H60N2O5Si3/c1-31-18-17-24(33-35-2)19-23(31)13-14-25-26-15-16-27(28(34-36-3)21-37-40(4,5)6)32(26,22-38-41(7,8)9)20-29(30(25)31)39-42(10,11)12/h19,25-27,29-30H,13-18,20-22H2,1-12H3/b33-24-,34-28-/t25-,26-,27+,29-,30+,31-,32+/m0/s1. The van der Waals surface area contributed by atoms with Gasteiger partial charge in [-0.25, -0.2) is 0 Å². The molecule has 240 valence electrons. The van der Waals surface area contributed by atoms with Crippen molar-refractivity contribution < 1.29 is 23.0 Å². The normalized spacial score (nSPS) is 36.7. The molecule has 3 saturated carbocycles. The maximum Gasteiger partial charge on any atom is 0.184 e. The molecule has 0 N–H and O–H groups in total. The number of hydrogen-bond acceptors (Lipinski definition) is 7. The van der Waals surface area contributed by atoms with E-state index in [1.54, 1.807) is 19.8 Å². The summed E-state index contributed by atoms with van der Waals surface area (Å²) in [6.45, 7) is 24.7. The first-order chi connectivity index (χ1) is 19.4. The fourth-order valence-corrected chi connectivity index (χ4v) is 11.3. The minimum atomic E-state index is -1.85. The van der Waals surface area contributed by atoms with E-state index in [0.29, 0.717) is 24.4 Å². The molecule has 3 fully saturated rings.